The van der Waals surface area contributed by atoms with Crippen molar-refractivity contribution in [2.75, 3.05) is 19.7 Å². The van der Waals surface area contributed by atoms with Crippen molar-refractivity contribution in [1.29, 1.82) is 0 Å². The molecule has 1 aromatic rings. The van der Waals surface area contributed by atoms with E-state index in [4.69, 9.17) is 4.52 Å². The highest BCUT2D eigenvalue weighted by Gasteiger charge is 2.37. The van der Waals surface area contributed by atoms with Crippen LogP contribution in [0, 0.1) is 18.3 Å². The second kappa shape index (κ2) is 5.41. The molecule has 0 aromatic carbocycles. The molecule has 102 valence electrons. The van der Waals surface area contributed by atoms with Crippen molar-refractivity contribution in [3.05, 3.63) is 17.5 Å². The first-order chi connectivity index (χ1) is 8.55. The lowest BCUT2D eigenvalue weighted by Crippen LogP contribution is -2.47. The molecule has 1 aliphatic heterocycles. The molecule has 4 heteroatoms. The minimum Gasteiger partial charge on any atom is -0.396 e. The molecule has 0 spiro atoms. The van der Waals surface area contributed by atoms with Crippen molar-refractivity contribution in [1.82, 2.24) is 10.1 Å². The van der Waals surface area contributed by atoms with E-state index in [0.29, 0.717) is 5.92 Å². The molecule has 2 rings (SSSR count). The molecule has 2 heterocycles. The van der Waals surface area contributed by atoms with Crippen molar-refractivity contribution in [3.63, 3.8) is 0 Å². The maximum absolute atomic E-state index is 9.74. The molecule has 4 nitrogen and oxygen atoms in total. The summed E-state index contributed by atoms with van der Waals surface area (Å²) >= 11 is 0. The third-order valence-electron chi connectivity index (χ3n) is 4.29. The molecule has 1 atom stereocenters. The van der Waals surface area contributed by atoms with E-state index in [2.05, 4.69) is 23.9 Å². The predicted octanol–water partition coefficient (Wildman–Crippen LogP) is 2.21. The first-order valence-corrected chi connectivity index (χ1v) is 6.81. The number of rotatable bonds is 4. The van der Waals surface area contributed by atoms with Gasteiger partial charge in [-0.2, -0.15) is 0 Å². The van der Waals surface area contributed by atoms with Crippen LogP contribution in [0.2, 0.25) is 0 Å². The van der Waals surface area contributed by atoms with Crippen LogP contribution in [0.1, 0.15) is 38.1 Å². The van der Waals surface area contributed by atoms with E-state index in [1.54, 1.807) is 0 Å². The lowest BCUT2D eigenvalue weighted by atomic mass is 9.72. The summed E-state index contributed by atoms with van der Waals surface area (Å²) in [6.45, 7) is 9.47. The summed E-state index contributed by atoms with van der Waals surface area (Å²) in [6.07, 6.45) is 2.27. The predicted molar refractivity (Wildman–Crippen MR) is 70.1 cm³/mol. The van der Waals surface area contributed by atoms with Crippen LogP contribution in [0.15, 0.2) is 10.6 Å². The van der Waals surface area contributed by atoms with Crippen LogP contribution < -0.4 is 0 Å². The number of aliphatic hydroxyl groups excluding tert-OH is 1. The summed E-state index contributed by atoms with van der Waals surface area (Å²) in [4.78, 5) is 2.39. The number of aliphatic hydroxyl groups is 1. The van der Waals surface area contributed by atoms with Gasteiger partial charge in [-0.15, -0.1) is 0 Å². The number of hydrogen-bond acceptors (Lipinski definition) is 4. The maximum atomic E-state index is 9.74. The highest BCUT2D eigenvalue weighted by Crippen LogP contribution is 2.37. The highest BCUT2D eigenvalue weighted by atomic mass is 16.5. The summed E-state index contributed by atoms with van der Waals surface area (Å²) in [5, 5.41) is 13.8. The Kier molecular flexibility index (Phi) is 4.07. The van der Waals surface area contributed by atoms with E-state index in [0.717, 1.165) is 43.9 Å². The van der Waals surface area contributed by atoms with E-state index < -0.39 is 0 Å². The molecule has 1 aromatic heterocycles. The van der Waals surface area contributed by atoms with Crippen LogP contribution in [0.4, 0.5) is 0 Å². The van der Waals surface area contributed by atoms with Crippen LogP contribution in [0.25, 0.3) is 0 Å². The monoisotopic (exact) mass is 252 g/mol. The Morgan fingerprint density at radius 3 is 2.89 bits per heavy atom. The van der Waals surface area contributed by atoms with Crippen LogP contribution in [0.5, 0.6) is 0 Å². The van der Waals surface area contributed by atoms with Gasteiger partial charge in [0.15, 0.2) is 0 Å². The smallest absolute Gasteiger partial charge is 0.133 e. The molecule has 1 fully saturated rings. The fourth-order valence-electron chi connectivity index (χ4n) is 2.90. The Morgan fingerprint density at radius 2 is 2.33 bits per heavy atom. The van der Waals surface area contributed by atoms with Gasteiger partial charge in [0.05, 0.1) is 12.3 Å². The lowest BCUT2D eigenvalue weighted by molar-refractivity contribution is -0.00649. The van der Waals surface area contributed by atoms with Gasteiger partial charge in [0.2, 0.25) is 0 Å². The van der Waals surface area contributed by atoms with Crippen molar-refractivity contribution >= 4 is 0 Å². The average Bonchev–Trinajstić information content (AvgIpc) is 2.74. The van der Waals surface area contributed by atoms with Gasteiger partial charge in [0.1, 0.15) is 5.76 Å². The van der Waals surface area contributed by atoms with E-state index in [1.165, 1.54) is 0 Å². The second-order valence-corrected chi connectivity index (χ2v) is 5.92. The first-order valence-electron chi connectivity index (χ1n) is 6.81. The summed E-state index contributed by atoms with van der Waals surface area (Å²) in [5.74, 6) is 1.36. The highest BCUT2D eigenvalue weighted by molar-refractivity contribution is 5.04. The molecule has 0 saturated carbocycles. The van der Waals surface area contributed by atoms with Crippen LogP contribution in [-0.2, 0) is 6.54 Å². The molecular formula is C14H24N2O2. The van der Waals surface area contributed by atoms with Gasteiger partial charge in [0.25, 0.3) is 0 Å². The van der Waals surface area contributed by atoms with Crippen LogP contribution >= 0.6 is 0 Å². The zero-order valence-corrected chi connectivity index (χ0v) is 11.6. The Hall–Kier alpha value is -0.870. The first kappa shape index (κ1) is 13.6. The van der Waals surface area contributed by atoms with Gasteiger partial charge in [-0.3, -0.25) is 4.90 Å². The molecule has 1 unspecified atom stereocenters. The van der Waals surface area contributed by atoms with E-state index >= 15 is 0 Å². The molecule has 18 heavy (non-hydrogen) atoms. The molecule has 0 bridgehead atoms. The largest absolute Gasteiger partial charge is 0.396 e. The number of aromatic nitrogens is 1. The summed E-state index contributed by atoms with van der Waals surface area (Å²) in [6, 6.07) is 1.99. The Labute approximate surface area is 109 Å². The topological polar surface area (TPSA) is 49.5 Å². The van der Waals surface area contributed by atoms with Crippen LogP contribution in [0.3, 0.4) is 0 Å². The Bertz CT molecular complexity index is 389. The summed E-state index contributed by atoms with van der Waals surface area (Å²) in [5.41, 5.74) is 1.04. The zero-order chi connectivity index (χ0) is 13.2. The van der Waals surface area contributed by atoms with Crippen molar-refractivity contribution < 1.29 is 9.63 Å². The molecule has 1 saturated heterocycles. The summed E-state index contributed by atoms with van der Waals surface area (Å²) in [7, 11) is 0. The minimum atomic E-state index is 0.0526. The molecular weight excluding hydrogens is 228 g/mol. The van der Waals surface area contributed by atoms with E-state index in [9.17, 15) is 5.11 Å². The summed E-state index contributed by atoms with van der Waals surface area (Å²) < 4.78 is 5.11. The lowest BCUT2D eigenvalue weighted by Gasteiger charge is -2.44. The number of nitrogens with zero attached hydrogens (tertiary/aromatic N) is 2. The number of likely N-dealkylation sites (tertiary alicyclic amines) is 1. The van der Waals surface area contributed by atoms with Crippen molar-refractivity contribution in [2.45, 2.75) is 40.2 Å². The van der Waals surface area contributed by atoms with Crippen molar-refractivity contribution in [3.8, 4) is 0 Å². The van der Waals surface area contributed by atoms with Gasteiger partial charge >= 0.3 is 0 Å². The van der Waals surface area contributed by atoms with Crippen LogP contribution in [-0.4, -0.2) is 34.9 Å². The van der Waals surface area contributed by atoms with E-state index in [1.807, 2.05) is 13.0 Å². The minimum absolute atomic E-state index is 0.0526. The normalized spacial score (nSPS) is 25.8. The Balaban J connectivity index is 2.02. The fraction of sp³-hybridized carbons (Fsp3) is 0.786. The molecule has 0 amide bonds. The van der Waals surface area contributed by atoms with Gasteiger partial charge in [-0.25, -0.2) is 0 Å². The van der Waals surface area contributed by atoms with Gasteiger partial charge < -0.3 is 9.63 Å². The fourth-order valence-corrected chi connectivity index (χ4v) is 2.90. The molecule has 0 aliphatic carbocycles. The van der Waals surface area contributed by atoms with Gasteiger partial charge in [0, 0.05) is 24.6 Å². The molecule has 1 N–H and O–H groups in total. The quantitative estimate of drug-likeness (QED) is 0.892. The number of piperidine rings is 1. The SMILES string of the molecule is Cc1cc(CN2CCCC(CO)(C(C)C)C2)no1. The maximum Gasteiger partial charge on any atom is 0.133 e. The molecule has 0 radical (unpaired) electrons. The number of hydrogen-bond donors (Lipinski definition) is 1. The standard InChI is InChI=1S/C14H24N2O2/c1-11(2)14(10-17)5-4-6-16(9-14)8-13-7-12(3)18-15-13/h7,11,17H,4-6,8-10H2,1-3H3. The number of aryl methyl sites for hydroxylation is 1. The van der Waals surface area contributed by atoms with Gasteiger partial charge in [-0.05, 0) is 32.2 Å². The third kappa shape index (κ3) is 2.75. The zero-order valence-electron chi connectivity index (χ0n) is 11.6. The van der Waals surface area contributed by atoms with E-state index in [-0.39, 0.29) is 12.0 Å². The molecule has 1 aliphatic rings. The Morgan fingerprint density at radius 1 is 1.56 bits per heavy atom. The van der Waals surface area contributed by atoms with Gasteiger partial charge in [-0.1, -0.05) is 19.0 Å². The van der Waals surface area contributed by atoms with Crippen molar-refractivity contribution in [2.24, 2.45) is 11.3 Å². The average molecular weight is 252 g/mol. The third-order valence-corrected chi connectivity index (χ3v) is 4.29. The second-order valence-electron chi connectivity index (χ2n) is 5.92.